The Labute approximate surface area is 109 Å². The Hall–Kier alpha value is -1.17. The average molecular weight is 253 g/mol. The molecule has 0 fully saturated rings. The van der Waals surface area contributed by atoms with Crippen molar-refractivity contribution in [3.63, 3.8) is 0 Å². The van der Waals surface area contributed by atoms with Crippen molar-refractivity contribution in [3.05, 3.63) is 24.0 Å². The van der Waals surface area contributed by atoms with E-state index in [0.29, 0.717) is 6.04 Å². The molecule has 18 heavy (non-hydrogen) atoms. The molecule has 1 rings (SSSR count). The summed E-state index contributed by atoms with van der Waals surface area (Å²) in [4.78, 5) is 4.03. The molecule has 0 radical (unpaired) electrons. The Morgan fingerprint density at radius 3 is 2.94 bits per heavy atom. The third kappa shape index (κ3) is 5.44. The SMILES string of the molecule is COCCNCC(C)NCc1ccncc1OC. The van der Waals surface area contributed by atoms with E-state index < -0.39 is 0 Å². The van der Waals surface area contributed by atoms with E-state index in [1.807, 2.05) is 6.07 Å². The highest BCUT2D eigenvalue weighted by molar-refractivity contribution is 5.29. The number of pyridine rings is 1. The highest BCUT2D eigenvalue weighted by atomic mass is 16.5. The van der Waals surface area contributed by atoms with E-state index in [4.69, 9.17) is 9.47 Å². The van der Waals surface area contributed by atoms with Crippen LogP contribution in [0.1, 0.15) is 12.5 Å². The van der Waals surface area contributed by atoms with Crippen LogP contribution in [0.15, 0.2) is 18.5 Å². The maximum absolute atomic E-state index is 5.26. The van der Waals surface area contributed by atoms with Crippen LogP contribution in [-0.2, 0) is 11.3 Å². The van der Waals surface area contributed by atoms with Crippen LogP contribution in [0, 0.1) is 0 Å². The minimum atomic E-state index is 0.389. The summed E-state index contributed by atoms with van der Waals surface area (Å²) < 4.78 is 10.2. The zero-order valence-electron chi connectivity index (χ0n) is 11.4. The maximum atomic E-state index is 5.26. The smallest absolute Gasteiger partial charge is 0.141 e. The van der Waals surface area contributed by atoms with Crippen molar-refractivity contribution in [2.75, 3.05) is 33.9 Å². The van der Waals surface area contributed by atoms with Gasteiger partial charge in [0, 0.05) is 44.5 Å². The lowest BCUT2D eigenvalue weighted by atomic mass is 10.2. The fourth-order valence-corrected chi connectivity index (χ4v) is 1.59. The van der Waals surface area contributed by atoms with E-state index >= 15 is 0 Å². The zero-order chi connectivity index (χ0) is 13.2. The van der Waals surface area contributed by atoms with E-state index in [1.165, 1.54) is 0 Å². The fraction of sp³-hybridized carbons (Fsp3) is 0.615. The van der Waals surface area contributed by atoms with Crippen LogP contribution in [0.2, 0.25) is 0 Å². The van der Waals surface area contributed by atoms with Crippen LogP contribution in [0.3, 0.4) is 0 Å². The second kappa shape index (κ2) is 8.85. The summed E-state index contributed by atoms with van der Waals surface area (Å²) in [5.41, 5.74) is 1.12. The van der Waals surface area contributed by atoms with Crippen molar-refractivity contribution in [1.82, 2.24) is 15.6 Å². The number of nitrogens with one attached hydrogen (secondary N) is 2. The van der Waals surface area contributed by atoms with Crippen LogP contribution in [-0.4, -0.2) is 44.9 Å². The lowest BCUT2D eigenvalue weighted by Crippen LogP contribution is -2.37. The minimum Gasteiger partial charge on any atom is -0.495 e. The molecule has 5 heteroatoms. The molecular formula is C13H23N3O2. The molecule has 1 atom stereocenters. The normalized spacial score (nSPS) is 12.4. The highest BCUT2D eigenvalue weighted by Gasteiger charge is 2.05. The second-order valence-electron chi connectivity index (χ2n) is 4.17. The van der Waals surface area contributed by atoms with E-state index in [9.17, 15) is 0 Å². The van der Waals surface area contributed by atoms with Gasteiger partial charge in [-0.15, -0.1) is 0 Å². The van der Waals surface area contributed by atoms with Crippen molar-refractivity contribution in [2.45, 2.75) is 19.5 Å². The molecule has 0 aliphatic rings. The Balaban J connectivity index is 2.26. The summed E-state index contributed by atoms with van der Waals surface area (Å²) >= 11 is 0. The van der Waals surface area contributed by atoms with Gasteiger partial charge in [0.1, 0.15) is 5.75 Å². The Morgan fingerprint density at radius 2 is 2.22 bits per heavy atom. The average Bonchev–Trinajstić information content (AvgIpc) is 2.41. The zero-order valence-corrected chi connectivity index (χ0v) is 11.4. The summed E-state index contributed by atoms with van der Waals surface area (Å²) in [7, 11) is 3.37. The van der Waals surface area contributed by atoms with Crippen LogP contribution in [0.4, 0.5) is 0 Å². The number of rotatable bonds is 9. The summed E-state index contributed by atoms with van der Waals surface area (Å²) in [6.07, 6.45) is 3.51. The summed E-state index contributed by atoms with van der Waals surface area (Å²) in [5, 5.41) is 6.76. The molecule has 0 bridgehead atoms. The van der Waals surface area contributed by atoms with E-state index in [1.54, 1.807) is 26.6 Å². The second-order valence-corrected chi connectivity index (χ2v) is 4.17. The number of methoxy groups -OCH3 is 2. The Bertz CT molecular complexity index is 334. The summed E-state index contributed by atoms with van der Waals surface area (Å²) in [5.74, 6) is 0.824. The monoisotopic (exact) mass is 253 g/mol. The van der Waals surface area contributed by atoms with Crippen LogP contribution < -0.4 is 15.4 Å². The van der Waals surface area contributed by atoms with E-state index in [2.05, 4.69) is 22.5 Å². The van der Waals surface area contributed by atoms with Crippen LogP contribution in [0.5, 0.6) is 5.75 Å². The van der Waals surface area contributed by atoms with Crippen molar-refractivity contribution < 1.29 is 9.47 Å². The van der Waals surface area contributed by atoms with Gasteiger partial charge < -0.3 is 20.1 Å². The summed E-state index contributed by atoms with van der Waals surface area (Å²) in [6, 6.07) is 2.36. The van der Waals surface area contributed by atoms with Gasteiger partial charge in [0.15, 0.2) is 0 Å². The molecule has 1 aromatic heterocycles. The number of ether oxygens (including phenoxy) is 2. The highest BCUT2D eigenvalue weighted by Crippen LogP contribution is 2.15. The van der Waals surface area contributed by atoms with Crippen molar-refractivity contribution >= 4 is 0 Å². The molecule has 0 saturated heterocycles. The predicted molar refractivity (Wildman–Crippen MR) is 71.8 cm³/mol. The van der Waals surface area contributed by atoms with Crippen LogP contribution >= 0.6 is 0 Å². The van der Waals surface area contributed by atoms with Crippen molar-refractivity contribution in [1.29, 1.82) is 0 Å². The first-order valence-electron chi connectivity index (χ1n) is 6.17. The molecule has 0 aromatic carbocycles. The largest absolute Gasteiger partial charge is 0.495 e. The third-order valence-electron chi connectivity index (χ3n) is 2.66. The first-order chi connectivity index (χ1) is 8.77. The molecule has 0 aliphatic heterocycles. The quantitative estimate of drug-likeness (QED) is 0.638. The molecule has 0 saturated carbocycles. The van der Waals surface area contributed by atoms with E-state index in [-0.39, 0.29) is 0 Å². The molecule has 2 N–H and O–H groups in total. The first-order valence-corrected chi connectivity index (χ1v) is 6.17. The number of hydrogen-bond acceptors (Lipinski definition) is 5. The molecule has 102 valence electrons. The van der Waals surface area contributed by atoms with Gasteiger partial charge >= 0.3 is 0 Å². The molecule has 0 spiro atoms. The maximum Gasteiger partial charge on any atom is 0.141 e. The molecular weight excluding hydrogens is 230 g/mol. The van der Waals surface area contributed by atoms with Crippen molar-refractivity contribution in [2.24, 2.45) is 0 Å². The molecule has 0 amide bonds. The standard InChI is InChI=1S/C13H23N3O2/c1-11(8-15-6-7-17-2)16-9-12-4-5-14-10-13(12)18-3/h4-5,10-11,15-16H,6-9H2,1-3H3. The number of hydrogen-bond donors (Lipinski definition) is 2. The minimum absolute atomic E-state index is 0.389. The number of aromatic nitrogens is 1. The molecule has 1 heterocycles. The molecule has 1 aromatic rings. The topological polar surface area (TPSA) is 55.4 Å². The Kier molecular flexibility index (Phi) is 7.32. The fourth-order valence-electron chi connectivity index (χ4n) is 1.59. The van der Waals surface area contributed by atoms with Gasteiger partial charge in [-0.25, -0.2) is 0 Å². The van der Waals surface area contributed by atoms with E-state index in [0.717, 1.165) is 37.6 Å². The van der Waals surface area contributed by atoms with Gasteiger partial charge in [-0.2, -0.15) is 0 Å². The van der Waals surface area contributed by atoms with Crippen LogP contribution in [0.25, 0.3) is 0 Å². The Morgan fingerprint density at radius 1 is 1.39 bits per heavy atom. The first kappa shape index (κ1) is 14.9. The van der Waals surface area contributed by atoms with Gasteiger partial charge in [0.25, 0.3) is 0 Å². The predicted octanol–water partition coefficient (Wildman–Crippen LogP) is 0.804. The van der Waals surface area contributed by atoms with Gasteiger partial charge in [0.05, 0.1) is 19.9 Å². The molecule has 0 aliphatic carbocycles. The third-order valence-corrected chi connectivity index (χ3v) is 2.66. The van der Waals surface area contributed by atoms with Gasteiger partial charge in [-0.3, -0.25) is 4.98 Å². The lowest BCUT2D eigenvalue weighted by Gasteiger charge is -2.15. The molecule has 5 nitrogen and oxygen atoms in total. The number of nitrogens with zero attached hydrogens (tertiary/aromatic N) is 1. The van der Waals surface area contributed by atoms with Gasteiger partial charge in [-0.05, 0) is 13.0 Å². The van der Waals surface area contributed by atoms with Gasteiger partial charge in [0.2, 0.25) is 0 Å². The summed E-state index contributed by atoms with van der Waals surface area (Å²) in [6.45, 7) is 5.45. The molecule has 1 unspecified atom stereocenters. The van der Waals surface area contributed by atoms with Crippen molar-refractivity contribution in [3.8, 4) is 5.75 Å². The van der Waals surface area contributed by atoms with Gasteiger partial charge in [-0.1, -0.05) is 0 Å². The lowest BCUT2D eigenvalue weighted by molar-refractivity contribution is 0.198.